The maximum atomic E-state index is 11.6. The molecule has 0 aliphatic heterocycles. The van der Waals surface area contributed by atoms with E-state index < -0.39 is 5.97 Å². The Morgan fingerprint density at radius 2 is 1.83 bits per heavy atom. The normalized spacial score (nSPS) is 52.9. The molecular formula is C25H42O4. The predicted octanol–water partition coefficient (Wildman–Crippen LogP) is 4.58. The minimum atomic E-state index is -0.679. The van der Waals surface area contributed by atoms with Crippen LogP contribution in [0, 0.1) is 58.7 Å². The lowest BCUT2D eigenvalue weighted by molar-refractivity contribution is -0.199. The van der Waals surface area contributed by atoms with Crippen molar-refractivity contribution in [2.45, 2.75) is 91.3 Å². The molecule has 12 atom stereocenters. The van der Waals surface area contributed by atoms with Crippen molar-refractivity contribution in [2.75, 3.05) is 0 Å². The highest BCUT2D eigenvalue weighted by Crippen LogP contribution is 2.67. The quantitative estimate of drug-likeness (QED) is 0.639. The molecule has 0 aromatic heterocycles. The Kier molecular flexibility index (Phi) is 5.83. The van der Waals surface area contributed by atoms with E-state index in [4.69, 9.17) is 0 Å². The van der Waals surface area contributed by atoms with Gasteiger partial charge in [-0.3, -0.25) is 4.79 Å². The van der Waals surface area contributed by atoms with Crippen LogP contribution < -0.4 is 0 Å². The zero-order valence-corrected chi connectivity index (χ0v) is 18.8. The number of hydrogen-bond donors (Lipinski definition) is 3. The van der Waals surface area contributed by atoms with Crippen molar-refractivity contribution in [3.63, 3.8) is 0 Å². The molecule has 0 spiro atoms. The first-order valence-electron chi connectivity index (χ1n) is 12.3. The lowest BCUT2D eigenvalue weighted by Gasteiger charge is -2.64. The van der Waals surface area contributed by atoms with E-state index in [9.17, 15) is 20.1 Å². The summed E-state index contributed by atoms with van der Waals surface area (Å²) in [5, 5.41) is 31.4. The highest BCUT2D eigenvalue weighted by Gasteiger charge is 2.63. The second-order valence-corrected chi connectivity index (χ2v) is 11.6. The monoisotopic (exact) mass is 406 g/mol. The second kappa shape index (κ2) is 7.82. The van der Waals surface area contributed by atoms with Crippen LogP contribution in [-0.2, 0) is 4.79 Å². The van der Waals surface area contributed by atoms with E-state index >= 15 is 0 Å². The van der Waals surface area contributed by atoms with Crippen molar-refractivity contribution in [3.8, 4) is 0 Å². The van der Waals surface area contributed by atoms with Gasteiger partial charge in [-0.25, -0.2) is 0 Å². The number of fused-ring (bicyclic) bond motifs is 5. The van der Waals surface area contributed by atoms with Crippen molar-refractivity contribution in [2.24, 2.45) is 58.7 Å². The molecular weight excluding hydrogens is 364 g/mol. The number of carbonyl (C=O) groups is 1. The Balaban J connectivity index is 1.65. The fourth-order valence-electron chi connectivity index (χ4n) is 9.20. The number of rotatable bonds is 4. The van der Waals surface area contributed by atoms with Crippen LogP contribution in [0.4, 0.5) is 0 Å². The smallest absolute Gasteiger partial charge is 0.303 e. The van der Waals surface area contributed by atoms with Crippen LogP contribution in [0.2, 0.25) is 0 Å². The first-order chi connectivity index (χ1) is 13.7. The van der Waals surface area contributed by atoms with Gasteiger partial charge in [0, 0.05) is 6.42 Å². The largest absolute Gasteiger partial charge is 0.481 e. The summed E-state index contributed by atoms with van der Waals surface area (Å²) in [6.45, 7) is 9.22. The summed E-state index contributed by atoms with van der Waals surface area (Å²) in [4.78, 5) is 11.3. The van der Waals surface area contributed by atoms with Gasteiger partial charge in [-0.15, -0.1) is 0 Å². The molecule has 0 aromatic carbocycles. The van der Waals surface area contributed by atoms with Gasteiger partial charge >= 0.3 is 5.97 Å². The number of aliphatic hydroxyl groups excluding tert-OH is 2. The average molecular weight is 407 g/mol. The zero-order chi connectivity index (χ0) is 21.1. The van der Waals surface area contributed by atoms with Gasteiger partial charge in [0.2, 0.25) is 0 Å². The Morgan fingerprint density at radius 3 is 2.48 bits per heavy atom. The lowest BCUT2D eigenvalue weighted by atomic mass is 9.42. The van der Waals surface area contributed by atoms with Crippen LogP contribution in [0.5, 0.6) is 0 Å². The molecule has 4 nitrogen and oxygen atoms in total. The molecule has 4 rings (SSSR count). The molecule has 0 heterocycles. The van der Waals surface area contributed by atoms with E-state index in [1.165, 1.54) is 6.42 Å². The van der Waals surface area contributed by atoms with Gasteiger partial charge in [-0.05, 0) is 97.2 Å². The van der Waals surface area contributed by atoms with Crippen molar-refractivity contribution >= 4 is 5.97 Å². The van der Waals surface area contributed by atoms with E-state index in [-0.39, 0.29) is 30.0 Å². The third kappa shape index (κ3) is 3.37. The van der Waals surface area contributed by atoms with E-state index in [2.05, 4.69) is 27.7 Å². The fraction of sp³-hybridized carbons (Fsp3) is 0.960. The molecule has 4 heteroatoms. The molecule has 4 fully saturated rings. The topological polar surface area (TPSA) is 77.8 Å². The van der Waals surface area contributed by atoms with Crippen molar-refractivity contribution < 1.29 is 20.1 Å². The van der Waals surface area contributed by atoms with Crippen molar-refractivity contribution in [1.29, 1.82) is 0 Å². The van der Waals surface area contributed by atoms with Gasteiger partial charge in [0.25, 0.3) is 0 Å². The summed E-state index contributed by atoms with van der Waals surface area (Å²) in [5.41, 5.74) is 0.230. The first kappa shape index (κ1) is 21.6. The maximum Gasteiger partial charge on any atom is 0.303 e. The zero-order valence-electron chi connectivity index (χ0n) is 18.8. The highest BCUT2D eigenvalue weighted by molar-refractivity contribution is 5.67. The minimum absolute atomic E-state index is 0.202. The third-order valence-corrected chi connectivity index (χ3v) is 10.3. The Bertz CT molecular complexity index is 620. The Hall–Kier alpha value is -0.610. The summed E-state index contributed by atoms with van der Waals surface area (Å²) >= 11 is 0. The van der Waals surface area contributed by atoms with E-state index in [0.717, 1.165) is 38.5 Å². The van der Waals surface area contributed by atoms with Crippen LogP contribution in [0.3, 0.4) is 0 Å². The summed E-state index contributed by atoms with van der Waals surface area (Å²) in [7, 11) is 0. The van der Waals surface area contributed by atoms with Crippen LogP contribution in [0.15, 0.2) is 0 Å². The maximum absolute atomic E-state index is 11.6. The molecule has 29 heavy (non-hydrogen) atoms. The van der Waals surface area contributed by atoms with E-state index in [0.29, 0.717) is 47.3 Å². The second-order valence-electron chi connectivity index (χ2n) is 11.6. The Morgan fingerprint density at radius 1 is 1.10 bits per heavy atom. The van der Waals surface area contributed by atoms with Crippen LogP contribution >= 0.6 is 0 Å². The minimum Gasteiger partial charge on any atom is -0.481 e. The summed E-state index contributed by atoms with van der Waals surface area (Å²) < 4.78 is 0. The summed E-state index contributed by atoms with van der Waals surface area (Å²) in [6, 6.07) is 0. The molecule has 0 unspecified atom stereocenters. The third-order valence-electron chi connectivity index (χ3n) is 10.3. The molecule has 0 amide bonds. The number of carboxylic acid groups (broad SMARTS) is 1. The highest BCUT2D eigenvalue weighted by atomic mass is 16.4. The predicted molar refractivity (Wildman–Crippen MR) is 113 cm³/mol. The number of hydrogen-bond acceptors (Lipinski definition) is 3. The number of aliphatic carboxylic acids is 1. The number of aliphatic hydroxyl groups is 2. The van der Waals surface area contributed by atoms with Crippen molar-refractivity contribution in [3.05, 3.63) is 0 Å². The van der Waals surface area contributed by atoms with Gasteiger partial charge in [0.15, 0.2) is 0 Å². The molecule has 0 radical (unpaired) electrons. The molecule has 4 aliphatic carbocycles. The molecule has 0 aromatic rings. The van der Waals surface area contributed by atoms with Crippen LogP contribution in [0.1, 0.15) is 79.1 Å². The van der Waals surface area contributed by atoms with E-state index in [1.807, 2.05) is 0 Å². The lowest BCUT2D eigenvalue weighted by Crippen LogP contribution is -2.61. The van der Waals surface area contributed by atoms with Crippen LogP contribution in [0.25, 0.3) is 0 Å². The fourth-order valence-corrected chi connectivity index (χ4v) is 9.20. The SMILES string of the molecule is CC[C@H]1[C@@H](O)[C@H]2[C@@H]3CC[C@@H]([C@H](C)CC(=O)O)[C@H]3[C@H](C)C[C@@H]2[C@@]2(C)CC[C@@H](O)C[C@@H]12. The standard InChI is InChI=1S/C25H42O4/c1-5-16-19-12-15(26)8-9-25(19,4)20-10-14(3)22-17(13(2)11-21(27)28)6-7-18(22)23(20)24(16)29/h13-20,22-24,26,29H,5-12H2,1-4H3,(H,27,28)/t13-,14-,15-,16-,17+,18-,19+,20+,22-,23+,24-,25+/m1/s1. The van der Waals surface area contributed by atoms with Gasteiger partial charge in [0.1, 0.15) is 0 Å². The molecule has 166 valence electrons. The summed E-state index contributed by atoms with van der Waals surface area (Å²) in [6.07, 6.45) is 7.09. The van der Waals surface area contributed by atoms with E-state index in [1.54, 1.807) is 0 Å². The van der Waals surface area contributed by atoms with Gasteiger partial charge < -0.3 is 15.3 Å². The van der Waals surface area contributed by atoms with Gasteiger partial charge in [-0.1, -0.05) is 34.1 Å². The van der Waals surface area contributed by atoms with Crippen LogP contribution in [-0.4, -0.2) is 33.5 Å². The molecule has 0 bridgehead atoms. The average Bonchev–Trinajstić information content (AvgIpc) is 3.09. The molecule has 3 N–H and O–H groups in total. The summed E-state index contributed by atoms with van der Waals surface area (Å²) in [5.74, 6) is 3.35. The molecule has 4 aliphatic rings. The number of carboxylic acids is 1. The van der Waals surface area contributed by atoms with Crippen molar-refractivity contribution in [1.82, 2.24) is 0 Å². The first-order valence-corrected chi connectivity index (χ1v) is 12.3. The molecule has 4 saturated carbocycles. The molecule has 0 saturated heterocycles. The van der Waals surface area contributed by atoms with Gasteiger partial charge in [-0.2, -0.15) is 0 Å². The Labute approximate surface area is 176 Å². The van der Waals surface area contributed by atoms with Gasteiger partial charge in [0.05, 0.1) is 12.2 Å².